The molecule has 1 aliphatic rings. The number of amides is 2. The molecule has 1 fully saturated rings. The van der Waals surface area contributed by atoms with Crippen LogP contribution in [0.4, 0.5) is 0 Å². The summed E-state index contributed by atoms with van der Waals surface area (Å²) in [5.41, 5.74) is 1.11. The first-order chi connectivity index (χ1) is 10.1. The molecule has 0 spiro atoms. The molecule has 2 amide bonds. The van der Waals surface area contributed by atoms with Gasteiger partial charge in [0.15, 0.2) is 6.54 Å². The minimum absolute atomic E-state index is 0.0246. The highest BCUT2D eigenvalue weighted by atomic mass is 16.2. The van der Waals surface area contributed by atoms with Crippen LogP contribution in [0, 0.1) is 0 Å². The fourth-order valence-corrected chi connectivity index (χ4v) is 2.66. The summed E-state index contributed by atoms with van der Waals surface area (Å²) in [7, 11) is 0. The lowest BCUT2D eigenvalue weighted by Gasteiger charge is -2.31. The molecular weight excluding hydrogens is 266 g/mol. The van der Waals surface area contributed by atoms with Crippen LogP contribution >= 0.6 is 0 Å². The summed E-state index contributed by atoms with van der Waals surface area (Å²) in [5.74, 6) is 0.189. The molecule has 1 saturated heterocycles. The summed E-state index contributed by atoms with van der Waals surface area (Å²) in [6.45, 7) is 7.23. The van der Waals surface area contributed by atoms with Crippen molar-refractivity contribution < 1.29 is 14.5 Å². The summed E-state index contributed by atoms with van der Waals surface area (Å²) >= 11 is 0. The maximum Gasteiger partial charge on any atom is 0.275 e. The van der Waals surface area contributed by atoms with E-state index < -0.39 is 0 Å². The van der Waals surface area contributed by atoms with Gasteiger partial charge in [0.25, 0.3) is 5.91 Å². The molecule has 114 valence electrons. The minimum atomic E-state index is 0.0246. The van der Waals surface area contributed by atoms with E-state index >= 15 is 0 Å². The van der Waals surface area contributed by atoms with E-state index in [0.29, 0.717) is 6.54 Å². The van der Waals surface area contributed by atoms with Gasteiger partial charge in [-0.25, -0.2) is 0 Å². The molecule has 5 heteroatoms. The van der Waals surface area contributed by atoms with Crippen LogP contribution < -0.4 is 10.2 Å². The van der Waals surface area contributed by atoms with Gasteiger partial charge in [-0.15, -0.1) is 0 Å². The second-order valence-electron chi connectivity index (χ2n) is 5.63. The molecule has 0 aliphatic carbocycles. The van der Waals surface area contributed by atoms with Crippen molar-refractivity contribution in [3.63, 3.8) is 0 Å². The number of carbonyl (C=O) groups is 2. The lowest BCUT2D eigenvalue weighted by molar-refractivity contribution is -0.896. The Bertz CT molecular complexity index is 482. The molecule has 0 aromatic heterocycles. The monoisotopic (exact) mass is 290 g/mol. The first kappa shape index (κ1) is 15.5. The van der Waals surface area contributed by atoms with Crippen LogP contribution in [0.25, 0.3) is 0 Å². The quantitative estimate of drug-likeness (QED) is 0.794. The topological polar surface area (TPSA) is 53.9 Å². The van der Waals surface area contributed by atoms with Crippen molar-refractivity contribution >= 4 is 11.8 Å². The Labute approximate surface area is 125 Å². The van der Waals surface area contributed by atoms with E-state index in [4.69, 9.17) is 0 Å². The molecule has 0 radical (unpaired) electrons. The molecule has 1 heterocycles. The van der Waals surface area contributed by atoms with Crippen LogP contribution in [0.5, 0.6) is 0 Å². The number of benzene rings is 1. The zero-order valence-corrected chi connectivity index (χ0v) is 12.8. The summed E-state index contributed by atoms with van der Waals surface area (Å²) in [6, 6.07) is 9.98. The molecule has 1 atom stereocenters. The summed E-state index contributed by atoms with van der Waals surface area (Å²) < 4.78 is 0. The summed E-state index contributed by atoms with van der Waals surface area (Å²) in [6.07, 6.45) is 0. The van der Waals surface area contributed by atoms with Gasteiger partial charge in [-0.3, -0.25) is 9.59 Å². The number of quaternary nitrogens is 1. The van der Waals surface area contributed by atoms with E-state index in [9.17, 15) is 9.59 Å². The number of nitrogens with one attached hydrogen (secondary N) is 2. The van der Waals surface area contributed by atoms with Crippen LogP contribution in [0.15, 0.2) is 30.3 Å². The Kier molecular flexibility index (Phi) is 5.33. The lowest BCUT2D eigenvalue weighted by atomic mass is 10.1. The van der Waals surface area contributed by atoms with Crippen LogP contribution in [0.1, 0.15) is 25.5 Å². The maximum absolute atomic E-state index is 12.1. The fraction of sp³-hybridized carbons (Fsp3) is 0.500. The van der Waals surface area contributed by atoms with Gasteiger partial charge in [0.2, 0.25) is 5.91 Å². The van der Waals surface area contributed by atoms with Gasteiger partial charge in [-0.05, 0) is 12.5 Å². The van der Waals surface area contributed by atoms with Crippen LogP contribution in [0.3, 0.4) is 0 Å². The highest BCUT2D eigenvalue weighted by molar-refractivity contribution is 5.77. The van der Waals surface area contributed by atoms with Crippen LogP contribution in [0.2, 0.25) is 0 Å². The number of piperazine rings is 1. The Morgan fingerprint density at radius 1 is 1.24 bits per heavy atom. The van der Waals surface area contributed by atoms with E-state index in [-0.39, 0.29) is 17.9 Å². The van der Waals surface area contributed by atoms with Crippen molar-refractivity contribution in [3.05, 3.63) is 35.9 Å². The third kappa shape index (κ3) is 4.56. The smallest absolute Gasteiger partial charge is 0.275 e. The zero-order chi connectivity index (χ0) is 15.2. The van der Waals surface area contributed by atoms with Gasteiger partial charge in [0, 0.05) is 6.92 Å². The lowest BCUT2D eigenvalue weighted by Crippen LogP contribution is -3.15. The van der Waals surface area contributed by atoms with Gasteiger partial charge < -0.3 is 15.1 Å². The molecule has 1 aromatic rings. The van der Waals surface area contributed by atoms with E-state index in [2.05, 4.69) is 5.32 Å². The minimum Gasteiger partial charge on any atom is -0.345 e. The number of nitrogens with zero attached hydrogens (tertiary/aromatic N) is 1. The van der Waals surface area contributed by atoms with Crippen LogP contribution in [-0.4, -0.2) is 49.4 Å². The zero-order valence-electron chi connectivity index (χ0n) is 12.8. The molecule has 5 nitrogen and oxygen atoms in total. The Morgan fingerprint density at radius 2 is 1.86 bits per heavy atom. The molecule has 2 N–H and O–H groups in total. The molecule has 1 aromatic carbocycles. The molecule has 0 bridgehead atoms. The highest BCUT2D eigenvalue weighted by Gasteiger charge is 2.23. The van der Waals surface area contributed by atoms with Crippen molar-refractivity contribution in [2.75, 3.05) is 32.7 Å². The van der Waals surface area contributed by atoms with Gasteiger partial charge in [0.1, 0.15) is 0 Å². The molecule has 2 rings (SSSR count). The van der Waals surface area contributed by atoms with Gasteiger partial charge in [0.05, 0.1) is 32.2 Å². The van der Waals surface area contributed by atoms with E-state index in [1.807, 2.05) is 42.2 Å². The summed E-state index contributed by atoms with van der Waals surface area (Å²) in [4.78, 5) is 26.4. The maximum atomic E-state index is 12.1. The average Bonchev–Trinajstić information content (AvgIpc) is 2.48. The fourth-order valence-electron chi connectivity index (χ4n) is 2.66. The van der Waals surface area contributed by atoms with Crippen molar-refractivity contribution in [2.24, 2.45) is 0 Å². The predicted molar refractivity (Wildman–Crippen MR) is 80.8 cm³/mol. The van der Waals surface area contributed by atoms with Crippen molar-refractivity contribution in [3.8, 4) is 0 Å². The first-order valence-electron chi connectivity index (χ1n) is 7.49. The van der Waals surface area contributed by atoms with Crippen molar-refractivity contribution in [1.29, 1.82) is 0 Å². The number of hydrogen-bond acceptors (Lipinski definition) is 2. The number of rotatable bonds is 4. The largest absolute Gasteiger partial charge is 0.345 e. The Balaban J connectivity index is 1.76. The molecule has 1 aliphatic heterocycles. The third-order valence-electron chi connectivity index (χ3n) is 4.00. The van der Waals surface area contributed by atoms with Crippen molar-refractivity contribution in [1.82, 2.24) is 10.2 Å². The normalized spacial score (nSPS) is 17.3. The Morgan fingerprint density at radius 3 is 2.43 bits per heavy atom. The highest BCUT2D eigenvalue weighted by Crippen LogP contribution is 2.10. The SMILES string of the molecule is CC(=O)N1CC[NH+](CC(=O)N[C@@H](C)c2ccccc2)CC1. The van der Waals surface area contributed by atoms with E-state index in [1.165, 1.54) is 4.90 Å². The predicted octanol–water partition coefficient (Wildman–Crippen LogP) is -0.389. The first-order valence-corrected chi connectivity index (χ1v) is 7.49. The standard InChI is InChI=1S/C16H23N3O2/c1-13(15-6-4-3-5-7-15)17-16(21)12-18-8-10-19(11-9-18)14(2)20/h3-7,13H,8-12H2,1-2H3,(H,17,21)/p+1/t13-/m0/s1. The summed E-state index contributed by atoms with van der Waals surface area (Å²) in [5, 5.41) is 3.04. The van der Waals surface area contributed by atoms with Crippen molar-refractivity contribution in [2.45, 2.75) is 19.9 Å². The second kappa shape index (κ2) is 7.22. The average molecular weight is 290 g/mol. The number of carbonyl (C=O) groups excluding carboxylic acids is 2. The molecule has 0 unspecified atom stereocenters. The van der Waals surface area contributed by atoms with Gasteiger partial charge >= 0.3 is 0 Å². The van der Waals surface area contributed by atoms with Gasteiger partial charge in [-0.1, -0.05) is 30.3 Å². The number of hydrogen-bond donors (Lipinski definition) is 2. The Hall–Kier alpha value is -1.88. The van der Waals surface area contributed by atoms with E-state index in [0.717, 1.165) is 31.7 Å². The van der Waals surface area contributed by atoms with E-state index in [1.54, 1.807) is 6.92 Å². The van der Waals surface area contributed by atoms with Crippen LogP contribution in [-0.2, 0) is 9.59 Å². The molecular formula is C16H24N3O2+. The second-order valence-corrected chi connectivity index (χ2v) is 5.63. The molecule has 21 heavy (non-hydrogen) atoms. The van der Waals surface area contributed by atoms with Gasteiger partial charge in [-0.2, -0.15) is 0 Å². The molecule has 0 saturated carbocycles. The third-order valence-corrected chi connectivity index (χ3v) is 4.00.